The minimum Gasteiger partial charge on any atom is -0.457 e. The predicted molar refractivity (Wildman–Crippen MR) is 123 cm³/mol. The van der Waals surface area contributed by atoms with Gasteiger partial charge in [0.1, 0.15) is 18.1 Å². The van der Waals surface area contributed by atoms with Crippen LogP contribution in [0, 0.1) is 34.5 Å². The summed E-state index contributed by atoms with van der Waals surface area (Å²) in [6.45, 7) is 0.803. The summed E-state index contributed by atoms with van der Waals surface area (Å²) in [6, 6.07) is 8.99. The summed E-state index contributed by atoms with van der Waals surface area (Å²) in [5, 5.41) is 12.4. The van der Waals surface area contributed by atoms with E-state index in [1.165, 1.54) is 24.3 Å². The number of nitrogens with one attached hydrogen (secondary N) is 1. The smallest absolute Gasteiger partial charge is 0.294 e. The third-order valence-corrected chi connectivity index (χ3v) is 5.98. The van der Waals surface area contributed by atoms with Crippen molar-refractivity contribution in [2.24, 2.45) is 0 Å². The van der Waals surface area contributed by atoms with Gasteiger partial charge in [0, 0.05) is 23.3 Å². The van der Waals surface area contributed by atoms with Gasteiger partial charge < -0.3 is 9.73 Å². The Hall–Kier alpha value is -4.39. The van der Waals surface area contributed by atoms with Crippen LogP contribution in [0.5, 0.6) is 0 Å². The van der Waals surface area contributed by atoms with Gasteiger partial charge in [-0.2, -0.15) is 0 Å². The lowest BCUT2D eigenvalue weighted by molar-refractivity contribution is -0.385. The van der Waals surface area contributed by atoms with Crippen molar-refractivity contribution in [3.8, 4) is 11.3 Å². The molecule has 13 heteroatoms. The Morgan fingerprint density at radius 2 is 1.89 bits per heavy atom. The zero-order valence-electron chi connectivity index (χ0n) is 18.2. The average Bonchev–Trinajstić information content (AvgIpc) is 3.40. The normalized spacial score (nSPS) is 14.6. The maximum atomic E-state index is 13.8. The number of nitro benzene ring substituents is 1. The Balaban J connectivity index is 1.48. The molecule has 1 fully saturated rings. The molecule has 1 aromatic heterocycles. The number of benzene rings is 2. The Morgan fingerprint density at radius 3 is 2.61 bits per heavy atom. The van der Waals surface area contributed by atoms with Crippen LogP contribution in [0.3, 0.4) is 0 Å². The van der Waals surface area contributed by atoms with E-state index < -0.39 is 51.7 Å². The van der Waals surface area contributed by atoms with Crippen molar-refractivity contribution in [1.29, 1.82) is 0 Å². The lowest BCUT2D eigenvalue weighted by atomic mass is 10.1. The molecule has 2 aromatic carbocycles. The Bertz CT molecular complexity index is 1470. The zero-order chi connectivity index (χ0) is 26.1. The first kappa shape index (κ1) is 24.7. The van der Waals surface area contributed by atoms with Crippen molar-refractivity contribution in [2.75, 3.05) is 11.9 Å². The van der Waals surface area contributed by atoms with Gasteiger partial charge in [-0.15, -0.1) is 0 Å². The summed E-state index contributed by atoms with van der Waals surface area (Å²) in [7, 11) is 0. The number of hydrogen-bond acceptors (Lipinski definition) is 7. The SMILES string of the molecule is Cc1ccc(-c2ccc(/C=C3/SC(=O)N(CC(=O)Nc4ccc(F)c(F)c4F)C3=O)o2)cc1[N+](=O)[O-]. The van der Waals surface area contributed by atoms with Gasteiger partial charge in [-0.25, -0.2) is 13.2 Å². The molecule has 184 valence electrons. The summed E-state index contributed by atoms with van der Waals surface area (Å²) in [6.07, 6.45) is 1.27. The fraction of sp³-hybridized carbons (Fsp3) is 0.0870. The van der Waals surface area contributed by atoms with Gasteiger partial charge in [-0.05, 0) is 43.0 Å². The number of anilines is 1. The number of rotatable bonds is 6. The second-order valence-corrected chi connectivity index (χ2v) is 8.49. The van der Waals surface area contributed by atoms with Crippen molar-refractivity contribution in [3.05, 3.63) is 86.3 Å². The Morgan fingerprint density at radius 1 is 1.14 bits per heavy atom. The summed E-state index contributed by atoms with van der Waals surface area (Å²) in [4.78, 5) is 48.3. The molecular weight excluding hydrogens is 503 g/mol. The van der Waals surface area contributed by atoms with E-state index in [-0.39, 0.29) is 22.1 Å². The number of carbonyl (C=O) groups excluding carboxylic acids is 3. The van der Waals surface area contributed by atoms with Gasteiger partial charge in [0.05, 0.1) is 15.5 Å². The highest BCUT2D eigenvalue weighted by molar-refractivity contribution is 8.18. The number of hydrogen-bond donors (Lipinski definition) is 1. The number of halogens is 3. The lowest BCUT2D eigenvalue weighted by Crippen LogP contribution is -2.36. The molecule has 9 nitrogen and oxygen atoms in total. The van der Waals surface area contributed by atoms with E-state index in [0.29, 0.717) is 33.9 Å². The molecular formula is C23H14F3N3O6S. The van der Waals surface area contributed by atoms with Crippen molar-refractivity contribution in [2.45, 2.75) is 6.92 Å². The molecule has 4 rings (SSSR count). The highest BCUT2D eigenvalue weighted by Crippen LogP contribution is 2.34. The predicted octanol–water partition coefficient (Wildman–Crippen LogP) is 5.26. The van der Waals surface area contributed by atoms with Crippen LogP contribution in [0.15, 0.2) is 51.8 Å². The van der Waals surface area contributed by atoms with E-state index in [4.69, 9.17) is 4.42 Å². The van der Waals surface area contributed by atoms with E-state index >= 15 is 0 Å². The number of furan rings is 1. The molecule has 0 aliphatic carbocycles. The minimum atomic E-state index is -1.78. The van der Waals surface area contributed by atoms with Crippen LogP contribution < -0.4 is 5.32 Å². The van der Waals surface area contributed by atoms with Crippen molar-refractivity contribution in [3.63, 3.8) is 0 Å². The van der Waals surface area contributed by atoms with Crippen LogP contribution in [-0.2, 0) is 9.59 Å². The molecule has 1 saturated heterocycles. The number of nitro groups is 1. The molecule has 0 bridgehead atoms. The lowest BCUT2D eigenvalue weighted by Gasteiger charge is -2.13. The number of carbonyl (C=O) groups is 3. The van der Waals surface area contributed by atoms with Crippen molar-refractivity contribution < 1.29 is 36.9 Å². The third kappa shape index (κ3) is 4.86. The molecule has 0 saturated carbocycles. The maximum Gasteiger partial charge on any atom is 0.294 e. The topological polar surface area (TPSA) is 123 Å². The first-order valence-electron chi connectivity index (χ1n) is 10.1. The molecule has 1 N–H and O–H groups in total. The molecule has 0 unspecified atom stereocenters. The Labute approximate surface area is 204 Å². The number of amides is 3. The molecule has 36 heavy (non-hydrogen) atoms. The van der Waals surface area contributed by atoms with Crippen molar-refractivity contribution in [1.82, 2.24) is 4.90 Å². The monoisotopic (exact) mass is 517 g/mol. The molecule has 0 radical (unpaired) electrons. The van der Waals surface area contributed by atoms with E-state index in [1.807, 2.05) is 5.32 Å². The van der Waals surface area contributed by atoms with E-state index in [1.54, 1.807) is 19.1 Å². The second-order valence-electron chi connectivity index (χ2n) is 7.50. The molecule has 3 aromatic rings. The van der Waals surface area contributed by atoms with Crippen LogP contribution in [0.1, 0.15) is 11.3 Å². The summed E-state index contributed by atoms with van der Waals surface area (Å²) in [5.41, 5.74) is 0.163. The van der Waals surface area contributed by atoms with Crippen molar-refractivity contribution >= 4 is 46.3 Å². The molecule has 2 heterocycles. The van der Waals surface area contributed by atoms with Crippen LogP contribution in [0.2, 0.25) is 0 Å². The number of nitrogens with zero attached hydrogens (tertiary/aromatic N) is 2. The van der Waals surface area contributed by atoms with Crippen LogP contribution in [-0.4, -0.2) is 33.4 Å². The van der Waals surface area contributed by atoms with Gasteiger partial charge in [0.25, 0.3) is 16.8 Å². The fourth-order valence-electron chi connectivity index (χ4n) is 3.27. The van der Waals surface area contributed by atoms with Gasteiger partial charge >= 0.3 is 0 Å². The molecule has 3 amide bonds. The molecule has 0 spiro atoms. The van der Waals surface area contributed by atoms with Gasteiger partial charge in [0.15, 0.2) is 17.5 Å². The molecule has 0 atom stereocenters. The average molecular weight is 517 g/mol. The molecule has 1 aliphatic rings. The fourth-order valence-corrected chi connectivity index (χ4v) is 4.08. The summed E-state index contributed by atoms with van der Waals surface area (Å²) < 4.78 is 45.8. The zero-order valence-corrected chi connectivity index (χ0v) is 19.0. The van der Waals surface area contributed by atoms with E-state index in [0.717, 1.165) is 6.07 Å². The van der Waals surface area contributed by atoms with E-state index in [9.17, 15) is 37.7 Å². The molecule has 1 aliphatic heterocycles. The number of aryl methyl sites for hydroxylation is 1. The maximum absolute atomic E-state index is 13.8. The van der Waals surface area contributed by atoms with Crippen LogP contribution in [0.4, 0.5) is 29.3 Å². The van der Waals surface area contributed by atoms with E-state index in [2.05, 4.69) is 0 Å². The van der Waals surface area contributed by atoms with Gasteiger partial charge in [-0.1, -0.05) is 12.1 Å². The first-order valence-corrected chi connectivity index (χ1v) is 10.9. The highest BCUT2D eigenvalue weighted by atomic mass is 32.2. The number of imide groups is 1. The summed E-state index contributed by atoms with van der Waals surface area (Å²) >= 11 is 0.531. The highest BCUT2D eigenvalue weighted by Gasteiger charge is 2.36. The first-order chi connectivity index (χ1) is 17.0. The number of thioether (sulfide) groups is 1. The van der Waals surface area contributed by atoms with Gasteiger partial charge in [-0.3, -0.25) is 29.4 Å². The minimum absolute atomic E-state index is 0.0670. The Kier molecular flexibility index (Phi) is 6.66. The van der Waals surface area contributed by atoms with Crippen LogP contribution >= 0.6 is 11.8 Å². The summed E-state index contributed by atoms with van der Waals surface area (Å²) in [5.74, 6) is -6.21. The third-order valence-electron chi connectivity index (χ3n) is 5.08. The van der Waals surface area contributed by atoms with Gasteiger partial charge in [0.2, 0.25) is 5.91 Å². The second kappa shape index (κ2) is 9.70. The van der Waals surface area contributed by atoms with Crippen LogP contribution in [0.25, 0.3) is 17.4 Å². The quantitative estimate of drug-likeness (QED) is 0.205. The standard InChI is InChI=1S/C23H14F3N3O6S/c1-11-2-3-12(8-16(11)29(33)34)17-7-4-13(35-17)9-18-22(31)28(23(32)36-18)10-19(30)27-15-6-5-14(24)20(25)21(15)26/h2-9H,10H2,1H3,(H,27,30)/b18-9+. The largest absolute Gasteiger partial charge is 0.457 e.